The van der Waals surface area contributed by atoms with E-state index in [-0.39, 0.29) is 11.9 Å². The third-order valence-electron chi connectivity index (χ3n) is 4.60. The van der Waals surface area contributed by atoms with Gasteiger partial charge in [0.2, 0.25) is 0 Å². The minimum absolute atomic E-state index is 0.00225. The second kappa shape index (κ2) is 8.19. The van der Waals surface area contributed by atoms with Crippen molar-refractivity contribution in [2.75, 3.05) is 11.5 Å². The van der Waals surface area contributed by atoms with E-state index in [1.165, 1.54) is 12.0 Å². The van der Waals surface area contributed by atoms with Crippen LogP contribution < -0.4 is 5.32 Å². The van der Waals surface area contributed by atoms with Gasteiger partial charge in [-0.1, -0.05) is 66.7 Å². The Kier molecular flexibility index (Phi) is 5.51. The van der Waals surface area contributed by atoms with Crippen LogP contribution in [0.3, 0.4) is 0 Å². The van der Waals surface area contributed by atoms with Crippen molar-refractivity contribution in [1.29, 1.82) is 0 Å². The third kappa shape index (κ3) is 3.76. The molecule has 1 unspecified atom stereocenters. The van der Waals surface area contributed by atoms with Crippen molar-refractivity contribution in [2.45, 2.75) is 17.0 Å². The molecule has 1 fully saturated rings. The van der Waals surface area contributed by atoms with Crippen LogP contribution in [0.5, 0.6) is 0 Å². The molecule has 1 aliphatic rings. The number of hydrogen-bond donors (Lipinski definition) is 1. The average Bonchev–Trinajstić information content (AvgIpc) is 2.72. The first-order valence-electron chi connectivity index (χ1n) is 8.90. The third-order valence-corrected chi connectivity index (χ3v) is 7.67. The van der Waals surface area contributed by atoms with Gasteiger partial charge in [-0.3, -0.25) is 4.79 Å². The first kappa shape index (κ1) is 17.5. The van der Waals surface area contributed by atoms with Gasteiger partial charge in [0.1, 0.15) is 0 Å². The van der Waals surface area contributed by atoms with Crippen molar-refractivity contribution in [1.82, 2.24) is 5.32 Å². The highest BCUT2D eigenvalue weighted by molar-refractivity contribution is 8.17. The highest BCUT2D eigenvalue weighted by atomic mass is 32.2. The van der Waals surface area contributed by atoms with Crippen LogP contribution in [0.2, 0.25) is 0 Å². The molecule has 1 aliphatic heterocycles. The molecule has 0 saturated carbocycles. The number of carbonyl (C=O) groups excluding carboxylic acids is 1. The molecule has 1 amide bonds. The Morgan fingerprint density at radius 3 is 2.38 bits per heavy atom. The van der Waals surface area contributed by atoms with Crippen LogP contribution in [-0.4, -0.2) is 22.0 Å². The van der Waals surface area contributed by atoms with Crippen LogP contribution in [0.1, 0.15) is 28.4 Å². The van der Waals surface area contributed by atoms with Crippen molar-refractivity contribution in [3.8, 4) is 0 Å². The van der Waals surface area contributed by atoms with Crippen LogP contribution in [0, 0.1) is 0 Å². The van der Waals surface area contributed by atoms with E-state index in [0.29, 0.717) is 4.58 Å². The molecule has 1 atom stereocenters. The molecule has 0 bridgehead atoms. The summed E-state index contributed by atoms with van der Waals surface area (Å²) in [5.41, 5.74) is 1.92. The maximum atomic E-state index is 13.2. The minimum atomic E-state index is 0.00225. The standard InChI is InChI=1S/C22H21NOS2/c24-21(19-13-6-11-16-8-4-5-12-18(16)19)23-20(17-9-2-1-3-10-17)22-25-14-7-15-26-22/h1-6,8-13,20,22H,7,14-15H2,(H,23,24). The summed E-state index contributed by atoms with van der Waals surface area (Å²) in [6.45, 7) is 0. The smallest absolute Gasteiger partial charge is 0.252 e. The number of benzene rings is 3. The van der Waals surface area contributed by atoms with Gasteiger partial charge in [-0.05, 0) is 40.3 Å². The van der Waals surface area contributed by atoms with Gasteiger partial charge in [0.25, 0.3) is 5.91 Å². The highest BCUT2D eigenvalue weighted by Gasteiger charge is 2.28. The Morgan fingerprint density at radius 2 is 1.58 bits per heavy atom. The average molecular weight is 380 g/mol. The molecule has 3 aromatic rings. The topological polar surface area (TPSA) is 29.1 Å². The lowest BCUT2D eigenvalue weighted by atomic mass is 10.0. The maximum absolute atomic E-state index is 13.2. The largest absolute Gasteiger partial charge is 0.343 e. The monoisotopic (exact) mass is 379 g/mol. The molecular formula is C22H21NOS2. The molecule has 132 valence electrons. The molecule has 0 spiro atoms. The van der Waals surface area contributed by atoms with Gasteiger partial charge in [-0.25, -0.2) is 0 Å². The van der Waals surface area contributed by atoms with E-state index in [9.17, 15) is 4.79 Å². The van der Waals surface area contributed by atoms with Gasteiger partial charge in [0.15, 0.2) is 0 Å². The van der Waals surface area contributed by atoms with Crippen molar-refractivity contribution in [2.24, 2.45) is 0 Å². The predicted molar refractivity (Wildman–Crippen MR) is 114 cm³/mol. The van der Waals surface area contributed by atoms with Gasteiger partial charge in [-0.15, -0.1) is 23.5 Å². The minimum Gasteiger partial charge on any atom is -0.343 e. The Hall–Kier alpha value is -1.91. The highest BCUT2D eigenvalue weighted by Crippen LogP contribution is 2.39. The number of thioether (sulfide) groups is 2. The molecule has 0 radical (unpaired) electrons. The summed E-state index contributed by atoms with van der Waals surface area (Å²) in [6.07, 6.45) is 1.24. The fourth-order valence-corrected chi connectivity index (χ4v) is 6.38. The Balaban J connectivity index is 1.65. The maximum Gasteiger partial charge on any atom is 0.252 e. The Bertz CT molecular complexity index is 886. The van der Waals surface area contributed by atoms with Crippen molar-refractivity contribution in [3.63, 3.8) is 0 Å². The molecule has 1 N–H and O–H groups in total. The van der Waals surface area contributed by atoms with E-state index in [4.69, 9.17) is 0 Å². The number of nitrogens with one attached hydrogen (secondary N) is 1. The van der Waals surface area contributed by atoms with E-state index >= 15 is 0 Å². The molecule has 0 aromatic heterocycles. The number of carbonyl (C=O) groups is 1. The first-order valence-corrected chi connectivity index (χ1v) is 11.0. The van der Waals surface area contributed by atoms with Crippen LogP contribution in [-0.2, 0) is 0 Å². The van der Waals surface area contributed by atoms with E-state index in [1.807, 2.05) is 84.2 Å². The first-order chi connectivity index (χ1) is 12.8. The normalized spacial score (nSPS) is 16.3. The van der Waals surface area contributed by atoms with E-state index in [1.54, 1.807) is 0 Å². The van der Waals surface area contributed by atoms with Gasteiger partial charge < -0.3 is 5.32 Å². The second-order valence-corrected chi connectivity index (χ2v) is 9.15. The second-order valence-electron chi connectivity index (χ2n) is 6.35. The SMILES string of the molecule is O=C(NC(c1ccccc1)C1SCCCS1)c1cccc2ccccc12. The summed E-state index contributed by atoms with van der Waals surface area (Å²) in [6, 6.07) is 24.3. The summed E-state index contributed by atoms with van der Waals surface area (Å²) >= 11 is 3.91. The summed E-state index contributed by atoms with van der Waals surface area (Å²) in [5, 5.41) is 5.43. The summed E-state index contributed by atoms with van der Waals surface area (Å²) in [7, 11) is 0. The molecule has 26 heavy (non-hydrogen) atoms. The summed E-state index contributed by atoms with van der Waals surface area (Å²) < 4.78 is 0.352. The molecule has 4 rings (SSSR count). The van der Waals surface area contributed by atoms with Gasteiger partial charge >= 0.3 is 0 Å². The van der Waals surface area contributed by atoms with Crippen LogP contribution >= 0.6 is 23.5 Å². The van der Waals surface area contributed by atoms with Crippen LogP contribution in [0.25, 0.3) is 10.8 Å². The van der Waals surface area contributed by atoms with Crippen molar-refractivity contribution in [3.05, 3.63) is 83.9 Å². The molecule has 1 heterocycles. The zero-order valence-electron chi connectivity index (χ0n) is 14.4. The lowest BCUT2D eigenvalue weighted by Gasteiger charge is -2.30. The molecule has 4 heteroatoms. The Morgan fingerprint density at radius 1 is 0.885 bits per heavy atom. The number of fused-ring (bicyclic) bond motifs is 1. The fraction of sp³-hybridized carbons (Fsp3) is 0.227. The van der Waals surface area contributed by atoms with Gasteiger partial charge in [-0.2, -0.15) is 0 Å². The molecule has 2 nitrogen and oxygen atoms in total. The quantitative estimate of drug-likeness (QED) is 0.648. The summed E-state index contributed by atoms with van der Waals surface area (Å²) in [4.78, 5) is 13.2. The lowest BCUT2D eigenvalue weighted by Crippen LogP contribution is -2.35. The van der Waals surface area contributed by atoms with Crippen LogP contribution in [0.4, 0.5) is 0 Å². The number of amides is 1. The van der Waals surface area contributed by atoms with Gasteiger partial charge in [0, 0.05) is 5.56 Å². The van der Waals surface area contributed by atoms with E-state index in [0.717, 1.165) is 27.8 Å². The van der Waals surface area contributed by atoms with E-state index in [2.05, 4.69) is 17.4 Å². The van der Waals surface area contributed by atoms with Crippen LogP contribution in [0.15, 0.2) is 72.8 Å². The van der Waals surface area contributed by atoms with Crippen molar-refractivity contribution < 1.29 is 4.79 Å². The zero-order chi connectivity index (χ0) is 17.8. The van der Waals surface area contributed by atoms with Crippen molar-refractivity contribution >= 4 is 40.2 Å². The molecule has 0 aliphatic carbocycles. The Labute approximate surface area is 162 Å². The summed E-state index contributed by atoms with van der Waals surface area (Å²) in [5.74, 6) is 2.32. The zero-order valence-corrected chi connectivity index (χ0v) is 16.1. The molecule has 1 saturated heterocycles. The molecule has 3 aromatic carbocycles. The number of hydrogen-bond acceptors (Lipinski definition) is 3. The lowest BCUT2D eigenvalue weighted by molar-refractivity contribution is 0.0941. The van der Waals surface area contributed by atoms with E-state index < -0.39 is 0 Å². The fourth-order valence-electron chi connectivity index (χ4n) is 3.31. The predicted octanol–water partition coefficient (Wildman–Crippen LogP) is 5.51. The number of rotatable bonds is 4. The molecular weight excluding hydrogens is 358 g/mol. The van der Waals surface area contributed by atoms with Gasteiger partial charge in [0.05, 0.1) is 10.6 Å².